The van der Waals surface area contributed by atoms with Crippen molar-refractivity contribution in [3.05, 3.63) is 101 Å². The molecule has 1 aliphatic rings. The summed E-state index contributed by atoms with van der Waals surface area (Å²) in [4.78, 5) is 3.88. The highest BCUT2D eigenvalue weighted by Crippen LogP contribution is 2.45. The summed E-state index contributed by atoms with van der Waals surface area (Å²) in [7, 11) is -8.82. The SMILES string of the molecule is CCN1/C(=C\C=C\c2oc3ccc(-n4ccc5ccccc54)cc3[n+]2CCCS(=O)(=O)[O-])N(CCCS(=O)(=O)[O-])c2cc(Cl)c(Cl)cc21. The van der Waals surface area contributed by atoms with Crippen LogP contribution in [0.5, 0.6) is 0 Å². The Morgan fingerprint density at radius 2 is 1.56 bits per heavy atom. The van der Waals surface area contributed by atoms with Crippen LogP contribution in [0, 0.1) is 0 Å². The number of benzene rings is 3. The number of anilines is 2. The van der Waals surface area contributed by atoms with Crippen molar-refractivity contribution in [2.45, 2.75) is 26.3 Å². The molecule has 0 bridgehead atoms. The minimum Gasteiger partial charge on any atom is -0.748 e. The van der Waals surface area contributed by atoms with Crippen molar-refractivity contribution in [2.75, 3.05) is 34.4 Å². The van der Waals surface area contributed by atoms with E-state index in [-0.39, 0.29) is 25.9 Å². The molecule has 0 fully saturated rings. The molecule has 15 heteroatoms. The first-order valence-electron chi connectivity index (χ1n) is 15.2. The fourth-order valence-corrected chi connectivity index (χ4v) is 7.30. The van der Waals surface area contributed by atoms with Crippen molar-refractivity contribution in [1.29, 1.82) is 0 Å². The fourth-order valence-electron chi connectivity index (χ4n) is 6.02. The molecule has 3 aromatic carbocycles. The van der Waals surface area contributed by atoms with E-state index >= 15 is 0 Å². The molecule has 11 nitrogen and oxygen atoms in total. The van der Waals surface area contributed by atoms with Crippen molar-refractivity contribution in [2.24, 2.45) is 0 Å². The van der Waals surface area contributed by atoms with Crippen LogP contribution in [-0.2, 0) is 26.8 Å². The zero-order chi connectivity index (χ0) is 34.2. The maximum atomic E-state index is 11.4. The summed E-state index contributed by atoms with van der Waals surface area (Å²) in [6, 6.07) is 19.2. The lowest BCUT2D eigenvalue weighted by Gasteiger charge is -2.24. The topological polar surface area (TPSA) is 143 Å². The predicted octanol–water partition coefficient (Wildman–Crippen LogP) is 6.04. The first-order valence-corrected chi connectivity index (χ1v) is 19.1. The maximum absolute atomic E-state index is 11.4. The molecule has 252 valence electrons. The Morgan fingerprint density at radius 1 is 0.875 bits per heavy atom. The highest BCUT2D eigenvalue weighted by molar-refractivity contribution is 7.85. The number of rotatable bonds is 12. The summed E-state index contributed by atoms with van der Waals surface area (Å²) in [5.74, 6) is 0.0828. The van der Waals surface area contributed by atoms with Gasteiger partial charge in [0.15, 0.2) is 6.54 Å². The van der Waals surface area contributed by atoms with Gasteiger partial charge in [-0.2, -0.15) is 4.57 Å². The molecular formula is C33H31Cl2N4O7S2-. The number of allylic oxidation sites excluding steroid dienone is 2. The van der Waals surface area contributed by atoms with Gasteiger partial charge in [0.1, 0.15) is 5.82 Å². The second kappa shape index (κ2) is 13.6. The maximum Gasteiger partial charge on any atom is 0.374 e. The van der Waals surface area contributed by atoms with E-state index in [0.717, 1.165) is 28.0 Å². The number of halogens is 2. The molecule has 0 N–H and O–H groups in total. The Labute approximate surface area is 288 Å². The second-order valence-electron chi connectivity index (χ2n) is 11.3. The van der Waals surface area contributed by atoms with Crippen LogP contribution in [0.25, 0.3) is 33.8 Å². The minimum absolute atomic E-state index is 0.0839. The third kappa shape index (κ3) is 7.26. The highest BCUT2D eigenvalue weighted by Gasteiger charge is 2.31. The van der Waals surface area contributed by atoms with Gasteiger partial charge in [-0.05, 0) is 67.3 Å². The lowest BCUT2D eigenvalue weighted by atomic mass is 10.2. The van der Waals surface area contributed by atoms with Gasteiger partial charge in [0.25, 0.3) is 5.52 Å². The molecule has 48 heavy (non-hydrogen) atoms. The van der Waals surface area contributed by atoms with Crippen LogP contribution in [0.2, 0.25) is 10.0 Å². The standard InChI is InChI=1S/C33H32Cl2N4O7S2/c1-2-36-28-21-25(34)26(35)22-29(28)38(15-6-18-47(40,41)42)32(36)10-5-11-33-39(16-7-19-48(43,44)45)30-20-24(12-13-31(30)46-33)37-17-14-23-8-3-4-9-27(23)37/h3-5,8-14,17,20-22H,2,6-7,15-16,18-19H2,1H3,(H-,40,41,42,43,44,45)/p-1. The van der Waals surface area contributed by atoms with E-state index in [1.807, 2.05) is 82.1 Å². The molecule has 0 atom stereocenters. The van der Waals surface area contributed by atoms with E-state index in [1.54, 1.807) is 24.3 Å². The van der Waals surface area contributed by atoms with Gasteiger partial charge in [0.2, 0.25) is 5.58 Å². The van der Waals surface area contributed by atoms with E-state index in [1.165, 1.54) is 0 Å². The van der Waals surface area contributed by atoms with Gasteiger partial charge in [-0.25, -0.2) is 16.8 Å². The zero-order valence-corrected chi connectivity index (χ0v) is 28.9. The molecule has 0 spiro atoms. The number of aryl methyl sites for hydroxylation is 1. The number of fused-ring (bicyclic) bond motifs is 3. The average Bonchev–Trinajstić information content (AvgIpc) is 3.68. The normalized spacial score (nSPS) is 14.7. The van der Waals surface area contributed by atoms with Gasteiger partial charge in [-0.3, -0.25) is 0 Å². The van der Waals surface area contributed by atoms with Crippen LogP contribution in [0.4, 0.5) is 11.4 Å². The lowest BCUT2D eigenvalue weighted by molar-refractivity contribution is -0.677. The van der Waals surface area contributed by atoms with E-state index in [4.69, 9.17) is 27.6 Å². The van der Waals surface area contributed by atoms with Crippen molar-refractivity contribution in [3.8, 4) is 5.69 Å². The summed E-state index contributed by atoms with van der Waals surface area (Å²) in [6.45, 7) is 2.94. The molecule has 0 amide bonds. The molecule has 6 rings (SSSR count). The Hall–Kier alpha value is -3.85. The smallest absolute Gasteiger partial charge is 0.374 e. The fraction of sp³-hybridized carbons (Fsp3) is 0.242. The number of nitrogens with zero attached hydrogens (tertiary/aromatic N) is 4. The van der Waals surface area contributed by atoms with Crippen LogP contribution in [0.15, 0.2) is 89.3 Å². The number of oxazole rings is 1. The third-order valence-electron chi connectivity index (χ3n) is 8.10. The van der Waals surface area contributed by atoms with Crippen LogP contribution in [0.3, 0.4) is 0 Å². The van der Waals surface area contributed by atoms with Gasteiger partial charge in [0.05, 0.1) is 58.9 Å². The van der Waals surface area contributed by atoms with Crippen molar-refractivity contribution >= 4 is 82.9 Å². The number of aromatic nitrogens is 2. The molecule has 1 aliphatic heterocycles. The van der Waals surface area contributed by atoms with Crippen LogP contribution < -0.4 is 14.4 Å². The summed E-state index contributed by atoms with van der Waals surface area (Å²) < 4.78 is 78.4. The first-order chi connectivity index (χ1) is 22.8. The summed E-state index contributed by atoms with van der Waals surface area (Å²) >= 11 is 12.7. The van der Waals surface area contributed by atoms with Crippen LogP contribution in [-0.4, -0.2) is 55.1 Å². The molecule has 0 saturated heterocycles. The lowest BCUT2D eigenvalue weighted by Crippen LogP contribution is -2.36. The Morgan fingerprint density at radius 3 is 2.27 bits per heavy atom. The van der Waals surface area contributed by atoms with Gasteiger partial charge in [0, 0.05) is 43.3 Å². The molecule has 0 saturated carbocycles. The highest BCUT2D eigenvalue weighted by atomic mass is 35.5. The Balaban J connectivity index is 1.39. The van der Waals surface area contributed by atoms with Gasteiger partial charge in [-0.15, -0.1) is 0 Å². The molecule has 2 aromatic heterocycles. The summed E-state index contributed by atoms with van der Waals surface area (Å²) in [5, 5.41) is 1.78. The summed E-state index contributed by atoms with van der Waals surface area (Å²) in [6.07, 6.45) is 7.48. The number of hydrogen-bond acceptors (Lipinski definition) is 9. The van der Waals surface area contributed by atoms with E-state index in [2.05, 4.69) is 4.57 Å². The Kier molecular flexibility index (Phi) is 9.62. The molecular weight excluding hydrogens is 699 g/mol. The first kappa shape index (κ1) is 34.0. The number of hydrogen-bond donors (Lipinski definition) is 0. The van der Waals surface area contributed by atoms with Gasteiger partial charge in [-0.1, -0.05) is 41.4 Å². The third-order valence-corrected chi connectivity index (χ3v) is 10.4. The predicted molar refractivity (Wildman–Crippen MR) is 186 cm³/mol. The van der Waals surface area contributed by atoms with E-state index in [9.17, 15) is 25.9 Å². The molecule has 0 unspecified atom stereocenters. The minimum atomic E-state index is -4.42. The molecule has 0 radical (unpaired) electrons. The molecule has 3 heterocycles. The molecule has 0 aliphatic carbocycles. The largest absolute Gasteiger partial charge is 0.748 e. The van der Waals surface area contributed by atoms with Crippen LogP contribution in [0.1, 0.15) is 25.7 Å². The van der Waals surface area contributed by atoms with E-state index in [0.29, 0.717) is 39.4 Å². The zero-order valence-electron chi connectivity index (χ0n) is 25.8. The van der Waals surface area contributed by atoms with E-state index < -0.39 is 31.7 Å². The average molecular weight is 731 g/mol. The Bertz CT molecular complexity index is 2300. The van der Waals surface area contributed by atoms with Crippen molar-refractivity contribution < 1.29 is 34.9 Å². The second-order valence-corrected chi connectivity index (χ2v) is 15.1. The summed E-state index contributed by atoms with van der Waals surface area (Å²) in [5.41, 5.74) is 4.68. The van der Waals surface area contributed by atoms with Gasteiger partial charge < -0.3 is 27.9 Å². The monoisotopic (exact) mass is 729 g/mol. The van der Waals surface area contributed by atoms with Crippen LogP contribution >= 0.6 is 23.2 Å². The van der Waals surface area contributed by atoms with Gasteiger partial charge >= 0.3 is 5.89 Å². The number of para-hydroxylation sites is 1. The van der Waals surface area contributed by atoms with Crippen molar-refractivity contribution in [1.82, 2.24) is 4.57 Å². The quantitative estimate of drug-likeness (QED) is 0.111. The molecule has 5 aromatic rings. The van der Waals surface area contributed by atoms with Crippen molar-refractivity contribution in [3.63, 3.8) is 0 Å².